The van der Waals surface area contributed by atoms with E-state index in [0.717, 1.165) is 24.4 Å². The monoisotopic (exact) mass is 220 g/mol. The molecule has 2 rings (SSSR count). The number of piperidine rings is 1. The van der Waals surface area contributed by atoms with E-state index in [2.05, 4.69) is 11.0 Å². The van der Waals surface area contributed by atoms with Gasteiger partial charge in [0, 0.05) is 30.9 Å². The summed E-state index contributed by atoms with van der Waals surface area (Å²) < 4.78 is 5.36. The van der Waals surface area contributed by atoms with Crippen molar-refractivity contribution in [3.63, 3.8) is 0 Å². The minimum Gasteiger partial charge on any atom is -0.496 e. The second kappa shape index (κ2) is 5.21. The molecule has 2 N–H and O–H groups in total. The summed E-state index contributed by atoms with van der Waals surface area (Å²) >= 11 is 0. The molecule has 0 unspecified atom stereocenters. The van der Waals surface area contributed by atoms with Gasteiger partial charge in [0.05, 0.1) is 7.11 Å². The van der Waals surface area contributed by atoms with Gasteiger partial charge in [0.15, 0.2) is 0 Å². The standard InChI is InChI=1S/C13H20N2O/c1-16-13-7-5-6-12(11(13)10-14)15-8-3-2-4-9-15/h5-7H,2-4,8-10,14H2,1H3. The molecule has 3 heteroatoms. The first-order chi connectivity index (χ1) is 7.86. The Bertz CT molecular complexity index is 346. The predicted molar refractivity (Wildman–Crippen MR) is 66.9 cm³/mol. The summed E-state index contributed by atoms with van der Waals surface area (Å²) in [6, 6.07) is 6.17. The minimum absolute atomic E-state index is 0.538. The Hall–Kier alpha value is -1.22. The number of hydrogen-bond acceptors (Lipinski definition) is 3. The smallest absolute Gasteiger partial charge is 0.125 e. The Labute approximate surface area is 97.2 Å². The van der Waals surface area contributed by atoms with Crippen LogP contribution in [0.15, 0.2) is 18.2 Å². The highest BCUT2D eigenvalue weighted by molar-refractivity contribution is 5.59. The Morgan fingerprint density at radius 2 is 2.00 bits per heavy atom. The van der Waals surface area contributed by atoms with Crippen LogP contribution < -0.4 is 15.4 Å². The normalized spacial score (nSPS) is 16.2. The van der Waals surface area contributed by atoms with Crippen LogP contribution in [-0.2, 0) is 6.54 Å². The first kappa shape index (κ1) is 11.3. The molecule has 0 spiro atoms. The van der Waals surface area contributed by atoms with Crippen LogP contribution in [0, 0.1) is 0 Å². The van der Waals surface area contributed by atoms with E-state index in [9.17, 15) is 0 Å². The molecule has 1 aliphatic rings. The molecule has 0 radical (unpaired) electrons. The van der Waals surface area contributed by atoms with Gasteiger partial charge in [-0.3, -0.25) is 0 Å². The molecule has 1 saturated heterocycles. The summed E-state index contributed by atoms with van der Waals surface area (Å²) in [5, 5.41) is 0. The Morgan fingerprint density at radius 1 is 1.25 bits per heavy atom. The molecule has 0 aromatic heterocycles. The van der Waals surface area contributed by atoms with Gasteiger partial charge in [-0.15, -0.1) is 0 Å². The van der Waals surface area contributed by atoms with Gasteiger partial charge < -0.3 is 15.4 Å². The largest absolute Gasteiger partial charge is 0.496 e. The molecule has 88 valence electrons. The average Bonchev–Trinajstić information content (AvgIpc) is 2.38. The maximum absolute atomic E-state index is 5.83. The SMILES string of the molecule is COc1cccc(N2CCCCC2)c1CN. The Balaban J connectivity index is 2.30. The number of benzene rings is 1. The molecular weight excluding hydrogens is 200 g/mol. The maximum Gasteiger partial charge on any atom is 0.125 e. The zero-order valence-corrected chi connectivity index (χ0v) is 9.91. The Morgan fingerprint density at radius 3 is 2.62 bits per heavy atom. The first-order valence-corrected chi connectivity index (χ1v) is 5.97. The number of ether oxygens (including phenoxy) is 1. The zero-order chi connectivity index (χ0) is 11.4. The van der Waals surface area contributed by atoms with Gasteiger partial charge in [-0.05, 0) is 31.4 Å². The second-order valence-electron chi connectivity index (χ2n) is 4.21. The molecule has 3 nitrogen and oxygen atoms in total. The number of nitrogens with zero attached hydrogens (tertiary/aromatic N) is 1. The van der Waals surface area contributed by atoms with Gasteiger partial charge in [0.1, 0.15) is 5.75 Å². The van der Waals surface area contributed by atoms with Crippen LogP contribution in [-0.4, -0.2) is 20.2 Å². The lowest BCUT2D eigenvalue weighted by Crippen LogP contribution is -2.30. The van der Waals surface area contributed by atoms with Gasteiger partial charge in [-0.25, -0.2) is 0 Å². The maximum atomic E-state index is 5.83. The van der Waals surface area contributed by atoms with Gasteiger partial charge in [0.2, 0.25) is 0 Å². The second-order valence-corrected chi connectivity index (χ2v) is 4.21. The van der Waals surface area contributed by atoms with Crippen LogP contribution in [0.2, 0.25) is 0 Å². The molecule has 1 fully saturated rings. The van der Waals surface area contributed by atoms with Crippen molar-refractivity contribution in [2.75, 3.05) is 25.1 Å². The van der Waals surface area contributed by atoms with Gasteiger partial charge in [-0.1, -0.05) is 6.07 Å². The van der Waals surface area contributed by atoms with E-state index in [-0.39, 0.29) is 0 Å². The van der Waals surface area contributed by atoms with E-state index in [4.69, 9.17) is 10.5 Å². The third-order valence-electron chi connectivity index (χ3n) is 3.23. The molecule has 1 aromatic carbocycles. The summed E-state index contributed by atoms with van der Waals surface area (Å²) in [6.07, 6.45) is 3.90. The molecule has 0 atom stereocenters. The number of rotatable bonds is 3. The summed E-state index contributed by atoms with van der Waals surface area (Å²) in [5.74, 6) is 0.908. The van der Waals surface area contributed by atoms with Crippen molar-refractivity contribution in [3.05, 3.63) is 23.8 Å². The lowest BCUT2D eigenvalue weighted by molar-refractivity contribution is 0.409. The molecular formula is C13H20N2O. The number of methoxy groups -OCH3 is 1. The lowest BCUT2D eigenvalue weighted by Gasteiger charge is -2.31. The van der Waals surface area contributed by atoms with Crippen LogP contribution in [0.3, 0.4) is 0 Å². The van der Waals surface area contributed by atoms with Crippen LogP contribution in [0.5, 0.6) is 5.75 Å². The average molecular weight is 220 g/mol. The molecule has 1 aliphatic heterocycles. The number of hydrogen-bond donors (Lipinski definition) is 1. The van der Waals surface area contributed by atoms with E-state index in [0.29, 0.717) is 6.54 Å². The summed E-state index contributed by atoms with van der Waals surface area (Å²) in [7, 11) is 1.70. The van der Waals surface area contributed by atoms with Gasteiger partial charge in [0.25, 0.3) is 0 Å². The highest BCUT2D eigenvalue weighted by Gasteiger charge is 2.16. The van der Waals surface area contributed by atoms with Crippen molar-refractivity contribution >= 4 is 5.69 Å². The third-order valence-corrected chi connectivity index (χ3v) is 3.23. The number of anilines is 1. The lowest BCUT2D eigenvalue weighted by atomic mass is 10.1. The number of nitrogens with two attached hydrogens (primary N) is 1. The fourth-order valence-electron chi connectivity index (χ4n) is 2.38. The Kier molecular flexibility index (Phi) is 3.67. The third kappa shape index (κ3) is 2.14. The van der Waals surface area contributed by atoms with Crippen molar-refractivity contribution in [2.24, 2.45) is 5.73 Å². The van der Waals surface area contributed by atoms with Gasteiger partial charge in [-0.2, -0.15) is 0 Å². The molecule has 0 bridgehead atoms. The van der Waals surface area contributed by atoms with Crippen LogP contribution in [0.1, 0.15) is 24.8 Å². The van der Waals surface area contributed by atoms with Crippen molar-refractivity contribution in [1.29, 1.82) is 0 Å². The highest BCUT2D eigenvalue weighted by atomic mass is 16.5. The molecule has 1 aromatic rings. The quantitative estimate of drug-likeness (QED) is 0.848. The van der Waals surface area contributed by atoms with Crippen molar-refractivity contribution in [2.45, 2.75) is 25.8 Å². The van der Waals surface area contributed by atoms with Crippen molar-refractivity contribution < 1.29 is 4.74 Å². The van der Waals surface area contributed by atoms with E-state index in [1.54, 1.807) is 7.11 Å². The topological polar surface area (TPSA) is 38.5 Å². The summed E-state index contributed by atoms with van der Waals surface area (Å²) in [6.45, 7) is 2.82. The molecule has 0 amide bonds. The van der Waals surface area contributed by atoms with E-state index in [1.165, 1.54) is 24.9 Å². The van der Waals surface area contributed by atoms with Crippen LogP contribution in [0.4, 0.5) is 5.69 Å². The molecule has 0 saturated carbocycles. The molecule has 1 heterocycles. The first-order valence-electron chi connectivity index (χ1n) is 5.97. The highest BCUT2D eigenvalue weighted by Crippen LogP contribution is 2.30. The van der Waals surface area contributed by atoms with E-state index in [1.807, 2.05) is 12.1 Å². The van der Waals surface area contributed by atoms with Crippen LogP contribution in [0.25, 0.3) is 0 Å². The molecule has 0 aliphatic carbocycles. The summed E-state index contributed by atoms with van der Waals surface area (Å²) in [4.78, 5) is 2.42. The summed E-state index contributed by atoms with van der Waals surface area (Å²) in [5.41, 5.74) is 8.21. The van der Waals surface area contributed by atoms with Gasteiger partial charge >= 0.3 is 0 Å². The molecule has 16 heavy (non-hydrogen) atoms. The van der Waals surface area contributed by atoms with E-state index >= 15 is 0 Å². The van der Waals surface area contributed by atoms with E-state index < -0.39 is 0 Å². The zero-order valence-electron chi connectivity index (χ0n) is 9.91. The minimum atomic E-state index is 0.538. The fraction of sp³-hybridized carbons (Fsp3) is 0.538. The fourth-order valence-corrected chi connectivity index (χ4v) is 2.38. The predicted octanol–water partition coefficient (Wildman–Crippen LogP) is 2.14. The van der Waals surface area contributed by atoms with Crippen molar-refractivity contribution in [1.82, 2.24) is 0 Å². The van der Waals surface area contributed by atoms with Crippen LogP contribution >= 0.6 is 0 Å². The van der Waals surface area contributed by atoms with Crippen molar-refractivity contribution in [3.8, 4) is 5.75 Å².